The SMILES string of the molecule is C#CCNC(Cc1ccccc1)Cc1ccccc1. The number of rotatable bonds is 6. The molecule has 0 atom stereocenters. The largest absolute Gasteiger partial charge is 0.303 e. The van der Waals surface area contributed by atoms with Gasteiger partial charge in [-0.3, -0.25) is 0 Å². The highest BCUT2D eigenvalue weighted by atomic mass is 14.9. The van der Waals surface area contributed by atoms with Crippen LogP contribution in [0.3, 0.4) is 0 Å². The summed E-state index contributed by atoms with van der Waals surface area (Å²) in [5.41, 5.74) is 2.68. The minimum atomic E-state index is 0.376. The van der Waals surface area contributed by atoms with Crippen molar-refractivity contribution >= 4 is 0 Å². The minimum absolute atomic E-state index is 0.376. The summed E-state index contributed by atoms with van der Waals surface area (Å²) in [6, 6.07) is 21.4. The topological polar surface area (TPSA) is 12.0 Å². The Morgan fingerprint density at radius 3 is 1.74 bits per heavy atom. The minimum Gasteiger partial charge on any atom is -0.303 e. The average molecular weight is 249 g/mol. The molecule has 0 amide bonds. The fourth-order valence-electron chi connectivity index (χ4n) is 2.22. The predicted octanol–water partition coefficient (Wildman–Crippen LogP) is 3.06. The monoisotopic (exact) mass is 249 g/mol. The smallest absolute Gasteiger partial charge is 0.0576 e. The van der Waals surface area contributed by atoms with Crippen LogP contribution in [0.15, 0.2) is 60.7 Å². The number of hydrogen-bond donors (Lipinski definition) is 1. The Morgan fingerprint density at radius 2 is 1.32 bits per heavy atom. The van der Waals surface area contributed by atoms with Gasteiger partial charge in [0.2, 0.25) is 0 Å². The van der Waals surface area contributed by atoms with Crippen molar-refractivity contribution in [1.29, 1.82) is 0 Å². The van der Waals surface area contributed by atoms with Crippen LogP contribution in [0.1, 0.15) is 11.1 Å². The number of nitrogens with one attached hydrogen (secondary N) is 1. The molecule has 1 heteroatoms. The zero-order valence-electron chi connectivity index (χ0n) is 11.0. The number of benzene rings is 2. The molecule has 0 bridgehead atoms. The molecule has 19 heavy (non-hydrogen) atoms. The predicted molar refractivity (Wildman–Crippen MR) is 80.9 cm³/mol. The van der Waals surface area contributed by atoms with Gasteiger partial charge in [0.05, 0.1) is 6.54 Å². The molecule has 2 aromatic rings. The third-order valence-corrected chi connectivity index (χ3v) is 3.14. The van der Waals surface area contributed by atoms with Crippen LogP contribution >= 0.6 is 0 Å². The van der Waals surface area contributed by atoms with Gasteiger partial charge in [-0.05, 0) is 24.0 Å². The van der Waals surface area contributed by atoms with E-state index in [4.69, 9.17) is 6.42 Å². The highest BCUT2D eigenvalue weighted by Gasteiger charge is 2.09. The fraction of sp³-hybridized carbons (Fsp3) is 0.222. The Kier molecular flexibility index (Phi) is 5.22. The molecule has 0 unspecified atom stereocenters. The summed E-state index contributed by atoms with van der Waals surface area (Å²) in [7, 11) is 0. The molecule has 96 valence electrons. The maximum atomic E-state index is 5.35. The third kappa shape index (κ3) is 4.62. The molecule has 0 fully saturated rings. The van der Waals surface area contributed by atoms with Gasteiger partial charge in [-0.1, -0.05) is 66.6 Å². The Hall–Kier alpha value is -2.04. The molecule has 0 aliphatic rings. The first-order chi connectivity index (χ1) is 9.38. The molecule has 0 radical (unpaired) electrons. The van der Waals surface area contributed by atoms with Crippen LogP contribution < -0.4 is 5.32 Å². The second-order valence-electron chi connectivity index (χ2n) is 4.66. The van der Waals surface area contributed by atoms with Crippen molar-refractivity contribution in [1.82, 2.24) is 5.32 Å². The summed E-state index contributed by atoms with van der Waals surface area (Å²) >= 11 is 0. The maximum Gasteiger partial charge on any atom is 0.0576 e. The van der Waals surface area contributed by atoms with Crippen molar-refractivity contribution in [3.63, 3.8) is 0 Å². The summed E-state index contributed by atoms with van der Waals surface area (Å²) in [6.45, 7) is 0.615. The Labute approximate surface area is 115 Å². The van der Waals surface area contributed by atoms with E-state index in [2.05, 4.69) is 59.8 Å². The van der Waals surface area contributed by atoms with Crippen molar-refractivity contribution in [2.24, 2.45) is 0 Å². The Balaban J connectivity index is 2.02. The van der Waals surface area contributed by atoms with Gasteiger partial charge >= 0.3 is 0 Å². The van der Waals surface area contributed by atoms with E-state index in [0.717, 1.165) is 12.8 Å². The quantitative estimate of drug-likeness (QED) is 0.776. The van der Waals surface area contributed by atoms with Crippen LogP contribution in [0, 0.1) is 12.3 Å². The summed E-state index contributed by atoms with van der Waals surface area (Å²) in [4.78, 5) is 0. The number of hydrogen-bond acceptors (Lipinski definition) is 1. The molecule has 0 heterocycles. The third-order valence-electron chi connectivity index (χ3n) is 3.14. The van der Waals surface area contributed by atoms with Gasteiger partial charge in [0.15, 0.2) is 0 Å². The van der Waals surface area contributed by atoms with Gasteiger partial charge < -0.3 is 5.32 Å². The van der Waals surface area contributed by atoms with Crippen LogP contribution in [0.2, 0.25) is 0 Å². The van der Waals surface area contributed by atoms with Gasteiger partial charge in [-0.2, -0.15) is 0 Å². The average Bonchev–Trinajstić information content (AvgIpc) is 2.47. The molecular formula is C18H19N. The molecule has 0 spiro atoms. The zero-order valence-corrected chi connectivity index (χ0v) is 11.0. The van der Waals surface area contributed by atoms with Crippen LogP contribution in [0.4, 0.5) is 0 Å². The molecule has 2 aromatic carbocycles. The zero-order chi connectivity index (χ0) is 13.3. The normalized spacial score (nSPS) is 10.3. The van der Waals surface area contributed by atoms with E-state index in [1.807, 2.05) is 12.1 Å². The molecule has 0 saturated carbocycles. The van der Waals surface area contributed by atoms with Crippen molar-refractivity contribution < 1.29 is 0 Å². The van der Waals surface area contributed by atoms with E-state index in [0.29, 0.717) is 12.6 Å². The Bertz CT molecular complexity index is 469. The highest BCUT2D eigenvalue weighted by molar-refractivity contribution is 5.19. The van der Waals surface area contributed by atoms with Crippen molar-refractivity contribution in [2.45, 2.75) is 18.9 Å². The van der Waals surface area contributed by atoms with E-state index < -0.39 is 0 Å². The molecule has 0 saturated heterocycles. The van der Waals surface area contributed by atoms with Crippen LogP contribution in [0.5, 0.6) is 0 Å². The molecule has 1 N–H and O–H groups in total. The highest BCUT2D eigenvalue weighted by Crippen LogP contribution is 2.09. The maximum absolute atomic E-state index is 5.35. The van der Waals surface area contributed by atoms with Crippen molar-refractivity contribution in [2.75, 3.05) is 6.54 Å². The molecule has 0 aromatic heterocycles. The van der Waals surface area contributed by atoms with E-state index >= 15 is 0 Å². The first-order valence-corrected chi connectivity index (χ1v) is 6.63. The van der Waals surface area contributed by atoms with Crippen LogP contribution in [-0.4, -0.2) is 12.6 Å². The van der Waals surface area contributed by atoms with E-state index in [1.54, 1.807) is 0 Å². The lowest BCUT2D eigenvalue weighted by atomic mass is 9.99. The second kappa shape index (κ2) is 7.41. The summed E-state index contributed by atoms with van der Waals surface area (Å²) in [5.74, 6) is 2.66. The Morgan fingerprint density at radius 1 is 0.842 bits per heavy atom. The van der Waals surface area contributed by atoms with Crippen molar-refractivity contribution in [3.8, 4) is 12.3 Å². The summed E-state index contributed by atoms with van der Waals surface area (Å²) in [6.07, 6.45) is 7.35. The molecular weight excluding hydrogens is 230 g/mol. The van der Waals surface area contributed by atoms with Crippen molar-refractivity contribution in [3.05, 3.63) is 71.8 Å². The molecule has 1 nitrogen and oxygen atoms in total. The lowest BCUT2D eigenvalue weighted by molar-refractivity contribution is 0.537. The first kappa shape index (κ1) is 13.4. The molecule has 0 aliphatic carbocycles. The van der Waals surface area contributed by atoms with Gasteiger partial charge in [-0.25, -0.2) is 0 Å². The second-order valence-corrected chi connectivity index (χ2v) is 4.66. The van der Waals surface area contributed by atoms with Gasteiger partial charge in [0.1, 0.15) is 0 Å². The van der Waals surface area contributed by atoms with Gasteiger partial charge in [-0.15, -0.1) is 6.42 Å². The van der Waals surface area contributed by atoms with Gasteiger partial charge in [0, 0.05) is 6.04 Å². The summed E-state index contributed by atoms with van der Waals surface area (Å²) in [5, 5.41) is 3.43. The molecule has 2 rings (SSSR count). The van der Waals surface area contributed by atoms with Crippen LogP contribution in [-0.2, 0) is 12.8 Å². The fourth-order valence-corrected chi connectivity index (χ4v) is 2.22. The van der Waals surface area contributed by atoms with E-state index in [9.17, 15) is 0 Å². The van der Waals surface area contributed by atoms with Crippen LogP contribution in [0.25, 0.3) is 0 Å². The molecule has 0 aliphatic heterocycles. The summed E-state index contributed by atoms with van der Waals surface area (Å²) < 4.78 is 0. The first-order valence-electron chi connectivity index (χ1n) is 6.63. The lowest BCUT2D eigenvalue weighted by Gasteiger charge is -2.17. The van der Waals surface area contributed by atoms with E-state index in [-0.39, 0.29) is 0 Å². The van der Waals surface area contributed by atoms with Gasteiger partial charge in [0.25, 0.3) is 0 Å². The standard InChI is InChI=1S/C18H19N/c1-2-13-19-18(14-16-9-5-3-6-10-16)15-17-11-7-4-8-12-17/h1,3-12,18-19H,13-15H2. The van der Waals surface area contributed by atoms with E-state index in [1.165, 1.54) is 11.1 Å². The lowest BCUT2D eigenvalue weighted by Crippen LogP contribution is -2.33. The number of terminal acetylenes is 1.